The van der Waals surface area contributed by atoms with E-state index in [2.05, 4.69) is 10.6 Å². The van der Waals surface area contributed by atoms with Crippen molar-refractivity contribution < 1.29 is 19.0 Å². The standard InChI is InChI=1S/C21H24N2O4/c1-25-16-10-8-15(9-11-16)20(14-6-7-14)23-21(24)22-12-17-13-26-18-4-2-3-5-19(18)27-17/h2-5,8-11,14,17,20H,6-7,12-13H2,1H3,(H2,22,23,24). The summed E-state index contributed by atoms with van der Waals surface area (Å²) in [6, 6.07) is 15.3. The third-order valence-corrected chi connectivity index (χ3v) is 4.91. The van der Waals surface area contributed by atoms with E-state index in [9.17, 15) is 4.79 Å². The summed E-state index contributed by atoms with van der Waals surface area (Å²) in [5.74, 6) is 2.76. The van der Waals surface area contributed by atoms with Crippen LogP contribution in [-0.2, 0) is 0 Å². The Morgan fingerprint density at radius 2 is 1.89 bits per heavy atom. The molecule has 4 rings (SSSR count). The van der Waals surface area contributed by atoms with E-state index in [0.717, 1.165) is 29.9 Å². The largest absolute Gasteiger partial charge is 0.497 e. The van der Waals surface area contributed by atoms with Crippen molar-refractivity contribution in [2.45, 2.75) is 25.0 Å². The number of amides is 2. The summed E-state index contributed by atoms with van der Waals surface area (Å²) in [5, 5.41) is 6.01. The summed E-state index contributed by atoms with van der Waals surface area (Å²) in [6.45, 7) is 0.808. The van der Waals surface area contributed by atoms with Gasteiger partial charge in [-0.2, -0.15) is 0 Å². The SMILES string of the molecule is COc1ccc(C(NC(=O)NCC2COc3ccccc3O2)C2CC2)cc1. The topological polar surface area (TPSA) is 68.8 Å². The van der Waals surface area contributed by atoms with Crippen molar-refractivity contribution in [3.63, 3.8) is 0 Å². The van der Waals surface area contributed by atoms with Gasteiger partial charge in [-0.25, -0.2) is 4.79 Å². The van der Waals surface area contributed by atoms with Crippen molar-refractivity contribution in [1.29, 1.82) is 0 Å². The predicted octanol–water partition coefficient (Wildman–Crippen LogP) is 3.29. The molecule has 2 N–H and O–H groups in total. The van der Waals surface area contributed by atoms with Gasteiger partial charge in [0.05, 0.1) is 19.7 Å². The number of carbonyl (C=O) groups excluding carboxylic acids is 1. The quantitative estimate of drug-likeness (QED) is 0.821. The lowest BCUT2D eigenvalue weighted by Gasteiger charge is -2.27. The van der Waals surface area contributed by atoms with Crippen LogP contribution in [0.4, 0.5) is 4.79 Å². The van der Waals surface area contributed by atoms with Gasteiger partial charge in [0, 0.05) is 0 Å². The van der Waals surface area contributed by atoms with E-state index in [1.165, 1.54) is 0 Å². The molecular formula is C21H24N2O4. The summed E-state index contributed by atoms with van der Waals surface area (Å²) < 4.78 is 16.8. The van der Waals surface area contributed by atoms with Gasteiger partial charge in [0.25, 0.3) is 0 Å². The molecule has 1 aliphatic carbocycles. The number of hydrogen-bond donors (Lipinski definition) is 2. The highest BCUT2D eigenvalue weighted by molar-refractivity contribution is 5.74. The van der Waals surface area contributed by atoms with Crippen LogP contribution in [0, 0.1) is 5.92 Å². The van der Waals surface area contributed by atoms with E-state index in [1.54, 1.807) is 7.11 Å². The normalized spacial score (nSPS) is 19.1. The van der Waals surface area contributed by atoms with Crippen LogP contribution in [-0.4, -0.2) is 32.4 Å². The second-order valence-electron chi connectivity index (χ2n) is 6.94. The van der Waals surface area contributed by atoms with E-state index in [0.29, 0.717) is 24.8 Å². The molecule has 0 aromatic heterocycles. The smallest absolute Gasteiger partial charge is 0.315 e. The van der Waals surface area contributed by atoms with Crippen LogP contribution < -0.4 is 24.8 Å². The molecule has 1 aliphatic heterocycles. The van der Waals surface area contributed by atoms with Crippen LogP contribution in [0.25, 0.3) is 0 Å². The van der Waals surface area contributed by atoms with Gasteiger partial charge < -0.3 is 24.8 Å². The zero-order chi connectivity index (χ0) is 18.6. The molecule has 27 heavy (non-hydrogen) atoms. The second kappa shape index (κ2) is 7.78. The molecular weight excluding hydrogens is 344 g/mol. The molecule has 1 saturated carbocycles. The van der Waals surface area contributed by atoms with Crippen LogP contribution in [0.15, 0.2) is 48.5 Å². The zero-order valence-corrected chi connectivity index (χ0v) is 15.3. The van der Waals surface area contributed by atoms with Crippen LogP contribution in [0.1, 0.15) is 24.4 Å². The highest BCUT2D eigenvalue weighted by Crippen LogP contribution is 2.41. The Balaban J connectivity index is 1.31. The van der Waals surface area contributed by atoms with E-state index < -0.39 is 0 Å². The maximum Gasteiger partial charge on any atom is 0.315 e. The summed E-state index contributed by atoms with van der Waals surface area (Å²) in [6.07, 6.45) is 2.06. The maximum atomic E-state index is 12.4. The van der Waals surface area contributed by atoms with Gasteiger partial charge in [0.15, 0.2) is 17.6 Å². The number of urea groups is 1. The average molecular weight is 368 g/mol. The summed E-state index contributed by atoms with van der Waals surface area (Å²) in [5.41, 5.74) is 1.10. The maximum absolute atomic E-state index is 12.4. The number of nitrogens with one attached hydrogen (secondary N) is 2. The van der Waals surface area contributed by atoms with Crippen LogP contribution in [0.3, 0.4) is 0 Å². The Labute approximate surface area is 158 Å². The average Bonchev–Trinajstić information content (AvgIpc) is 3.55. The van der Waals surface area contributed by atoms with Gasteiger partial charge in [-0.3, -0.25) is 0 Å². The third-order valence-electron chi connectivity index (χ3n) is 4.91. The van der Waals surface area contributed by atoms with Crippen LogP contribution >= 0.6 is 0 Å². The fourth-order valence-electron chi connectivity index (χ4n) is 3.28. The van der Waals surface area contributed by atoms with Crippen molar-refractivity contribution in [2.75, 3.05) is 20.3 Å². The first-order valence-corrected chi connectivity index (χ1v) is 9.30. The first-order valence-electron chi connectivity index (χ1n) is 9.30. The predicted molar refractivity (Wildman–Crippen MR) is 101 cm³/mol. The monoisotopic (exact) mass is 368 g/mol. The molecule has 2 unspecified atom stereocenters. The van der Waals surface area contributed by atoms with Crippen molar-refractivity contribution in [3.05, 3.63) is 54.1 Å². The van der Waals surface area contributed by atoms with Crippen LogP contribution in [0.5, 0.6) is 17.2 Å². The Bertz CT molecular complexity index is 789. The van der Waals surface area contributed by atoms with Crippen molar-refractivity contribution in [2.24, 2.45) is 5.92 Å². The van der Waals surface area contributed by atoms with Gasteiger partial charge >= 0.3 is 6.03 Å². The van der Waals surface area contributed by atoms with Crippen molar-refractivity contribution in [1.82, 2.24) is 10.6 Å². The number of para-hydroxylation sites is 2. The van der Waals surface area contributed by atoms with Gasteiger partial charge in [-0.15, -0.1) is 0 Å². The molecule has 1 fully saturated rings. The van der Waals surface area contributed by atoms with E-state index in [4.69, 9.17) is 14.2 Å². The van der Waals surface area contributed by atoms with Gasteiger partial charge in [-0.1, -0.05) is 24.3 Å². The van der Waals surface area contributed by atoms with Crippen molar-refractivity contribution >= 4 is 6.03 Å². The van der Waals surface area contributed by atoms with Crippen LogP contribution in [0.2, 0.25) is 0 Å². The lowest BCUT2D eigenvalue weighted by molar-refractivity contribution is 0.0916. The minimum atomic E-state index is -0.203. The molecule has 0 spiro atoms. The fourth-order valence-corrected chi connectivity index (χ4v) is 3.28. The molecule has 2 aromatic rings. The fraction of sp³-hybridized carbons (Fsp3) is 0.381. The molecule has 142 valence electrons. The molecule has 0 radical (unpaired) electrons. The number of ether oxygens (including phenoxy) is 3. The Morgan fingerprint density at radius 1 is 1.15 bits per heavy atom. The first kappa shape index (κ1) is 17.5. The Hall–Kier alpha value is -2.89. The molecule has 6 nitrogen and oxygen atoms in total. The molecule has 6 heteroatoms. The molecule has 1 heterocycles. The number of methoxy groups -OCH3 is 1. The zero-order valence-electron chi connectivity index (χ0n) is 15.3. The van der Waals surface area contributed by atoms with Gasteiger partial charge in [0.1, 0.15) is 12.4 Å². The number of hydrogen-bond acceptors (Lipinski definition) is 4. The number of rotatable bonds is 6. The Kier molecular flexibility index (Phi) is 5.05. The number of fused-ring (bicyclic) bond motifs is 1. The summed E-state index contributed by atoms with van der Waals surface area (Å²) in [7, 11) is 1.65. The molecule has 2 amide bonds. The van der Waals surface area contributed by atoms with E-state index in [-0.39, 0.29) is 18.2 Å². The van der Waals surface area contributed by atoms with E-state index >= 15 is 0 Å². The molecule has 2 aromatic carbocycles. The third kappa shape index (κ3) is 4.27. The van der Waals surface area contributed by atoms with Crippen molar-refractivity contribution in [3.8, 4) is 17.2 Å². The highest BCUT2D eigenvalue weighted by atomic mass is 16.6. The lowest BCUT2D eigenvalue weighted by atomic mass is 10.0. The lowest BCUT2D eigenvalue weighted by Crippen LogP contribution is -2.45. The number of benzene rings is 2. The minimum Gasteiger partial charge on any atom is -0.497 e. The molecule has 2 aliphatic rings. The molecule has 0 bridgehead atoms. The molecule has 0 saturated heterocycles. The minimum absolute atomic E-state index is 0.0140. The number of carbonyl (C=O) groups is 1. The molecule has 2 atom stereocenters. The first-order chi connectivity index (χ1) is 13.2. The van der Waals surface area contributed by atoms with E-state index in [1.807, 2.05) is 48.5 Å². The highest BCUT2D eigenvalue weighted by Gasteiger charge is 2.33. The summed E-state index contributed by atoms with van der Waals surface area (Å²) >= 11 is 0. The summed E-state index contributed by atoms with van der Waals surface area (Å²) in [4.78, 5) is 12.4. The second-order valence-corrected chi connectivity index (χ2v) is 6.94. The van der Waals surface area contributed by atoms with Gasteiger partial charge in [0.2, 0.25) is 0 Å². The van der Waals surface area contributed by atoms with Gasteiger partial charge in [-0.05, 0) is 48.6 Å². The Morgan fingerprint density at radius 3 is 2.59 bits per heavy atom.